The van der Waals surface area contributed by atoms with E-state index in [2.05, 4.69) is 41.2 Å². The van der Waals surface area contributed by atoms with Gasteiger partial charge >= 0.3 is 0 Å². The third-order valence-corrected chi connectivity index (χ3v) is 8.63. The first kappa shape index (κ1) is 20.3. The Kier molecular flexibility index (Phi) is 4.74. The van der Waals surface area contributed by atoms with Crippen LogP contribution in [-0.2, 0) is 19.0 Å². The van der Waals surface area contributed by atoms with Crippen molar-refractivity contribution in [3.05, 3.63) is 12.7 Å². The molecule has 1 aliphatic heterocycles. The van der Waals surface area contributed by atoms with Crippen LogP contribution < -0.4 is 0 Å². The van der Waals surface area contributed by atoms with Gasteiger partial charge in [-0.3, -0.25) is 4.18 Å². The molecule has 5 heteroatoms. The van der Waals surface area contributed by atoms with E-state index in [0.29, 0.717) is 11.8 Å². The van der Waals surface area contributed by atoms with Crippen LogP contribution in [0.1, 0.15) is 73.1 Å². The Hall–Kier alpha value is -0.390. The molecule has 0 N–H and O–H groups in total. The van der Waals surface area contributed by atoms with Crippen LogP contribution in [0.5, 0.6) is 0 Å². The Labute approximate surface area is 159 Å². The van der Waals surface area contributed by atoms with Crippen molar-refractivity contribution < 1.29 is 17.3 Å². The molecule has 4 nitrogen and oxygen atoms in total. The van der Waals surface area contributed by atoms with Gasteiger partial charge in [-0.25, -0.2) is 0 Å². The molecule has 0 radical (unpaired) electrons. The van der Waals surface area contributed by atoms with Crippen LogP contribution in [-0.4, -0.2) is 32.0 Å². The zero-order valence-corrected chi connectivity index (χ0v) is 18.1. The Bertz CT molecular complexity index is 684. The van der Waals surface area contributed by atoms with E-state index in [1.54, 1.807) is 0 Å². The van der Waals surface area contributed by atoms with E-state index in [9.17, 15) is 8.42 Å². The van der Waals surface area contributed by atoms with E-state index in [4.69, 9.17) is 8.92 Å². The first-order valence-corrected chi connectivity index (χ1v) is 11.8. The molecular formula is C21H36O4S. The molecule has 0 spiro atoms. The predicted molar refractivity (Wildman–Crippen MR) is 104 cm³/mol. The molecule has 3 rings (SSSR count). The fraction of sp³-hybridized carbons (Fsp3) is 0.905. The molecule has 1 heterocycles. The van der Waals surface area contributed by atoms with Crippen LogP contribution in [0, 0.1) is 22.7 Å². The fourth-order valence-corrected chi connectivity index (χ4v) is 7.55. The molecule has 3 aliphatic rings. The number of fused-ring (bicyclic) bond motifs is 3. The summed E-state index contributed by atoms with van der Waals surface area (Å²) in [5, 5.41) is 0. The molecule has 0 aromatic heterocycles. The second-order valence-corrected chi connectivity index (χ2v) is 11.9. The van der Waals surface area contributed by atoms with E-state index in [-0.39, 0.29) is 28.1 Å². The Morgan fingerprint density at radius 2 is 1.62 bits per heavy atom. The van der Waals surface area contributed by atoms with Crippen LogP contribution in [0.25, 0.3) is 0 Å². The Morgan fingerprint density at radius 3 is 2.19 bits per heavy atom. The molecule has 0 aromatic carbocycles. The van der Waals surface area contributed by atoms with Crippen molar-refractivity contribution in [1.29, 1.82) is 0 Å². The lowest BCUT2D eigenvalue weighted by atomic mass is 9.44. The minimum atomic E-state index is -3.44. The zero-order valence-electron chi connectivity index (χ0n) is 17.3. The van der Waals surface area contributed by atoms with Crippen molar-refractivity contribution in [2.24, 2.45) is 22.7 Å². The van der Waals surface area contributed by atoms with Crippen molar-refractivity contribution in [1.82, 2.24) is 0 Å². The quantitative estimate of drug-likeness (QED) is 0.523. The summed E-state index contributed by atoms with van der Waals surface area (Å²) in [5.41, 5.74) is -0.388. The molecule has 26 heavy (non-hydrogen) atoms. The summed E-state index contributed by atoms with van der Waals surface area (Å²) in [6, 6.07) is 0. The average molecular weight is 385 g/mol. The molecule has 0 aromatic rings. The zero-order chi connectivity index (χ0) is 19.6. The van der Waals surface area contributed by atoms with E-state index >= 15 is 0 Å². The van der Waals surface area contributed by atoms with Gasteiger partial charge in [-0.15, -0.1) is 6.58 Å². The monoisotopic (exact) mass is 384 g/mol. The van der Waals surface area contributed by atoms with E-state index in [1.165, 1.54) is 6.26 Å². The van der Waals surface area contributed by atoms with Crippen molar-refractivity contribution in [3.63, 3.8) is 0 Å². The second kappa shape index (κ2) is 6.05. The van der Waals surface area contributed by atoms with Crippen LogP contribution in [0.15, 0.2) is 12.7 Å². The molecule has 150 valence electrons. The summed E-state index contributed by atoms with van der Waals surface area (Å²) in [4.78, 5) is 0. The van der Waals surface area contributed by atoms with Crippen LogP contribution in [0.4, 0.5) is 0 Å². The molecule has 0 unspecified atom stereocenters. The van der Waals surface area contributed by atoms with Gasteiger partial charge in [0.2, 0.25) is 0 Å². The number of hydrogen-bond acceptors (Lipinski definition) is 4. The number of ether oxygens (including phenoxy) is 1. The predicted octanol–water partition coefficient (Wildman–Crippen LogP) is 4.70. The highest BCUT2D eigenvalue weighted by Gasteiger charge is 2.63. The van der Waals surface area contributed by atoms with Crippen molar-refractivity contribution in [3.8, 4) is 0 Å². The molecule has 1 saturated heterocycles. The summed E-state index contributed by atoms with van der Waals surface area (Å²) >= 11 is 0. The van der Waals surface area contributed by atoms with Crippen molar-refractivity contribution in [2.75, 3.05) is 6.26 Å². The van der Waals surface area contributed by atoms with Crippen LogP contribution in [0.2, 0.25) is 0 Å². The van der Waals surface area contributed by atoms with Gasteiger partial charge in [0.15, 0.2) is 0 Å². The highest BCUT2D eigenvalue weighted by Crippen LogP contribution is 2.66. The maximum Gasteiger partial charge on any atom is 0.264 e. The van der Waals surface area contributed by atoms with Gasteiger partial charge < -0.3 is 4.74 Å². The van der Waals surface area contributed by atoms with Gasteiger partial charge in [0.1, 0.15) is 0 Å². The van der Waals surface area contributed by atoms with Crippen molar-refractivity contribution in [2.45, 2.75) is 90.4 Å². The smallest absolute Gasteiger partial charge is 0.264 e. The SMILES string of the molecule is C=C[C@@]1(C)CC[C@H]2[C@]3(C)CC[C@@H](OS(C)(=O)=O)C(C)(C)[C@H]3CC[C@]2(C)O1. The third-order valence-electron chi connectivity index (χ3n) is 8.05. The normalized spacial score (nSPS) is 48.3. The summed E-state index contributed by atoms with van der Waals surface area (Å²) in [6.07, 6.45) is 8.88. The van der Waals surface area contributed by atoms with E-state index in [0.717, 1.165) is 38.5 Å². The molecule has 0 bridgehead atoms. The Morgan fingerprint density at radius 1 is 1.00 bits per heavy atom. The molecule has 3 fully saturated rings. The van der Waals surface area contributed by atoms with Gasteiger partial charge in [-0.05, 0) is 75.0 Å². The first-order chi connectivity index (χ1) is 11.8. The van der Waals surface area contributed by atoms with E-state index in [1.807, 2.05) is 6.08 Å². The standard InChI is InChI=1S/C21H36O4S/c1-8-19(4)12-9-16-20(5)13-11-17(24-26(7,22)23)18(2,3)15(20)10-14-21(16,6)25-19/h8,15-17H,1,9-14H2,2-7H3/t15-,16+,17-,19+,20-,21+/m1/s1. The van der Waals surface area contributed by atoms with Crippen molar-refractivity contribution >= 4 is 10.1 Å². The molecule has 2 aliphatic carbocycles. The topological polar surface area (TPSA) is 52.6 Å². The van der Waals surface area contributed by atoms with Gasteiger partial charge in [0.25, 0.3) is 10.1 Å². The fourth-order valence-electron chi connectivity index (χ4n) is 6.78. The summed E-state index contributed by atoms with van der Waals surface area (Å²) < 4.78 is 35.7. The van der Waals surface area contributed by atoms with E-state index < -0.39 is 10.1 Å². The maximum atomic E-state index is 11.8. The van der Waals surface area contributed by atoms with Crippen LogP contribution >= 0.6 is 0 Å². The lowest BCUT2D eigenvalue weighted by Gasteiger charge is -2.66. The van der Waals surface area contributed by atoms with Gasteiger partial charge in [-0.1, -0.05) is 26.8 Å². The van der Waals surface area contributed by atoms with Crippen LogP contribution in [0.3, 0.4) is 0 Å². The minimum Gasteiger partial charge on any atom is -0.365 e. The highest BCUT2D eigenvalue weighted by molar-refractivity contribution is 7.86. The first-order valence-electron chi connectivity index (χ1n) is 9.98. The highest BCUT2D eigenvalue weighted by atomic mass is 32.2. The molecular weight excluding hydrogens is 348 g/mol. The lowest BCUT2D eigenvalue weighted by molar-refractivity contribution is -0.260. The van der Waals surface area contributed by atoms with Gasteiger partial charge in [-0.2, -0.15) is 8.42 Å². The lowest BCUT2D eigenvalue weighted by Crippen LogP contribution is -2.64. The van der Waals surface area contributed by atoms with Gasteiger partial charge in [0, 0.05) is 0 Å². The maximum absolute atomic E-state index is 11.8. The largest absolute Gasteiger partial charge is 0.365 e. The average Bonchev–Trinajstić information content (AvgIpc) is 2.48. The summed E-state index contributed by atoms with van der Waals surface area (Å²) in [6.45, 7) is 15.2. The number of hydrogen-bond donors (Lipinski definition) is 0. The molecule has 2 saturated carbocycles. The summed E-state index contributed by atoms with van der Waals surface area (Å²) in [5.74, 6) is 0.922. The Balaban J connectivity index is 1.91. The molecule has 0 amide bonds. The number of rotatable bonds is 3. The second-order valence-electron chi connectivity index (χ2n) is 10.3. The molecule has 6 atom stereocenters. The minimum absolute atomic E-state index is 0.132. The third kappa shape index (κ3) is 3.18. The van der Waals surface area contributed by atoms with Gasteiger partial charge in [0.05, 0.1) is 23.6 Å². The summed E-state index contributed by atoms with van der Waals surface area (Å²) in [7, 11) is -3.44.